The average Bonchev–Trinajstić information content (AvgIpc) is 2.59. The van der Waals surface area contributed by atoms with E-state index in [-0.39, 0.29) is 16.7 Å². The minimum absolute atomic E-state index is 0.143. The number of hydrogen-bond acceptors (Lipinski definition) is 2. The van der Waals surface area contributed by atoms with Crippen molar-refractivity contribution in [1.29, 1.82) is 0 Å². The second kappa shape index (κ2) is 8.08. The Labute approximate surface area is 160 Å². The molecule has 26 heavy (non-hydrogen) atoms. The number of rotatable bonds is 7. The van der Waals surface area contributed by atoms with Crippen LogP contribution in [0.1, 0.15) is 54.4 Å². The maximum atomic E-state index is 12.1. The minimum Gasteiger partial charge on any atom is -0.424 e. The summed E-state index contributed by atoms with van der Waals surface area (Å²) in [5.41, 5.74) is -0.143. The molecule has 1 N–H and O–H groups in total. The molecule has 3 heteroatoms. The molecular weight excluding hydrogens is 336 g/mol. The second-order valence-corrected chi connectivity index (χ2v) is 12.8. The van der Waals surface area contributed by atoms with Crippen LogP contribution in [0.4, 0.5) is 0 Å². The van der Waals surface area contributed by atoms with Gasteiger partial charge < -0.3 is 9.53 Å². The van der Waals surface area contributed by atoms with Crippen molar-refractivity contribution in [2.75, 3.05) is 0 Å². The van der Waals surface area contributed by atoms with Gasteiger partial charge in [0, 0.05) is 0 Å². The summed E-state index contributed by atoms with van der Waals surface area (Å²) in [4.78, 5) is 12.1. The third-order valence-electron chi connectivity index (χ3n) is 5.09. The van der Waals surface area contributed by atoms with E-state index in [1.807, 2.05) is 36.4 Å². The van der Waals surface area contributed by atoms with E-state index in [1.165, 1.54) is 0 Å². The molecular formula is C23H34O2Si. The lowest BCUT2D eigenvalue weighted by Crippen LogP contribution is -2.65. The fraction of sp³-hybridized carbons (Fsp3) is 0.478. The molecule has 2 rings (SSSR count). The molecule has 0 bridgehead atoms. The first-order valence-electron chi connectivity index (χ1n) is 9.57. The van der Waals surface area contributed by atoms with E-state index < -0.39 is 8.32 Å². The van der Waals surface area contributed by atoms with Gasteiger partial charge in [-0.2, -0.15) is 0 Å². The highest BCUT2D eigenvalue weighted by Gasteiger charge is 2.49. The minimum atomic E-state index is -2.91. The van der Waals surface area contributed by atoms with E-state index in [9.17, 15) is 4.80 Å². The standard InChI is InChI=1S/C23H34O2Si/c1-19(25-22(2,3)4)17-18-23(5,6)26(24,20-13-9-7-10-14-20)21-15-11-8-12-16-21/h7-16,19,24H,17-18H2,1-6H3/t19-/m0/s1. The van der Waals surface area contributed by atoms with Gasteiger partial charge in [0.25, 0.3) is 8.32 Å². The van der Waals surface area contributed by atoms with Crippen LogP contribution in [0.25, 0.3) is 0 Å². The first kappa shape index (κ1) is 20.9. The molecule has 0 unspecified atom stereocenters. The van der Waals surface area contributed by atoms with Gasteiger partial charge in [-0.15, -0.1) is 0 Å². The zero-order valence-electron chi connectivity index (χ0n) is 17.1. The van der Waals surface area contributed by atoms with Gasteiger partial charge in [-0.1, -0.05) is 74.5 Å². The van der Waals surface area contributed by atoms with Gasteiger partial charge >= 0.3 is 0 Å². The van der Waals surface area contributed by atoms with Crippen molar-refractivity contribution in [3.63, 3.8) is 0 Å². The lowest BCUT2D eigenvalue weighted by atomic mass is 10.0. The molecule has 142 valence electrons. The molecule has 0 amide bonds. The van der Waals surface area contributed by atoms with Crippen molar-refractivity contribution < 1.29 is 9.53 Å². The molecule has 0 heterocycles. The Bertz CT molecular complexity index is 635. The van der Waals surface area contributed by atoms with Crippen molar-refractivity contribution in [1.82, 2.24) is 0 Å². The van der Waals surface area contributed by atoms with E-state index in [2.05, 4.69) is 65.8 Å². The Balaban J connectivity index is 2.33. The van der Waals surface area contributed by atoms with Crippen LogP contribution in [0.15, 0.2) is 60.7 Å². The molecule has 2 aromatic carbocycles. The van der Waals surface area contributed by atoms with Crippen molar-refractivity contribution in [2.45, 2.75) is 71.1 Å². The Hall–Kier alpha value is -1.42. The van der Waals surface area contributed by atoms with Gasteiger partial charge in [-0.25, -0.2) is 0 Å². The van der Waals surface area contributed by atoms with Crippen LogP contribution >= 0.6 is 0 Å². The molecule has 0 aromatic heterocycles. The van der Waals surface area contributed by atoms with Crippen LogP contribution in [-0.2, 0) is 4.74 Å². The molecule has 0 aliphatic heterocycles. The van der Waals surface area contributed by atoms with Crippen LogP contribution < -0.4 is 10.4 Å². The normalized spacial score (nSPS) is 14.3. The van der Waals surface area contributed by atoms with Gasteiger partial charge in [-0.05, 0) is 55.9 Å². The fourth-order valence-electron chi connectivity index (χ4n) is 3.71. The number of benzene rings is 2. The Morgan fingerprint density at radius 1 is 0.846 bits per heavy atom. The summed E-state index contributed by atoms with van der Waals surface area (Å²) in [6.07, 6.45) is 2.01. The number of ether oxygens (including phenoxy) is 1. The van der Waals surface area contributed by atoms with E-state index in [0.717, 1.165) is 23.2 Å². The third kappa shape index (κ3) is 4.85. The molecule has 2 aromatic rings. The van der Waals surface area contributed by atoms with E-state index in [1.54, 1.807) is 0 Å². The largest absolute Gasteiger partial charge is 0.424 e. The topological polar surface area (TPSA) is 29.5 Å². The van der Waals surface area contributed by atoms with Gasteiger partial charge in [0.15, 0.2) is 0 Å². The lowest BCUT2D eigenvalue weighted by molar-refractivity contribution is -0.0557. The summed E-state index contributed by atoms with van der Waals surface area (Å²) in [6.45, 7) is 12.8. The Kier molecular flexibility index (Phi) is 6.49. The summed E-state index contributed by atoms with van der Waals surface area (Å²) < 4.78 is 6.09. The first-order valence-corrected chi connectivity index (χ1v) is 11.5. The van der Waals surface area contributed by atoms with Gasteiger partial charge in [-0.3, -0.25) is 0 Å². The summed E-state index contributed by atoms with van der Waals surface area (Å²) in [6, 6.07) is 20.4. The first-order chi connectivity index (χ1) is 12.1. The zero-order chi connectivity index (χ0) is 19.4. The lowest BCUT2D eigenvalue weighted by Gasteiger charge is -2.42. The molecule has 0 saturated carbocycles. The monoisotopic (exact) mass is 370 g/mol. The maximum absolute atomic E-state index is 12.1. The van der Waals surface area contributed by atoms with Crippen molar-refractivity contribution in [3.05, 3.63) is 60.7 Å². The smallest absolute Gasteiger partial charge is 0.258 e. The molecule has 0 saturated heterocycles. The highest BCUT2D eigenvalue weighted by Crippen LogP contribution is 2.40. The molecule has 1 atom stereocenters. The van der Waals surface area contributed by atoms with Gasteiger partial charge in [0.1, 0.15) is 0 Å². The summed E-state index contributed by atoms with van der Waals surface area (Å²) >= 11 is 0. The quantitative estimate of drug-likeness (QED) is 0.727. The molecule has 0 fully saturated rings. The molecule has 0 radical (unpaired) electrons. The van der Waals surface area contributed by atoms with Crippen molar-refractivity contribution in [3.8, 4) is 0 Å². The van der Waals surface area contributed by atoms with Gasteiger partial charge in [0.05, 0.1) is 11.7 Å². The highest BCUT2D eigenvalue weighted by molar-refractivity contribution is 6.98. The van der Waals surface area contributed by atoms with E-state index in [4.69, 9.17) is 4.74 Å². The van der Waals surface area contributed by atoms with Crippen LogP contribution in [0.5, 0.6) is 0 Å². The second-order valence-electron chi connectivity index (χ2n) is 8.91. The van der Waals surface area contributed by atoms with Crippen molar-refractivity contribution >= 4 is 18.7 Å². The van der Waals surface area contributed by atoms with E-state index >= 15 is 0 Å². The average molecular weight is 371 g/mol. The highest BCUT2D eigenvalue weighted by atomic mass is 28.4. The predicted octanol–water partition coefficient (Wildman–Crippen LogP) is 4.50. The molecule has 0 spiro atoms. The summed E-state index contributed by atoms with van der Waals surface area (Å²) in [5, 5.41) is 1.92. The van der Waals surface area contributed by atoms with Crippen LogP contribution in [0.2, 0.25) is 5.04 Å². The van der Waals surface area contributed by atoms with Crippen LogP contribution in [-0.4, -0.2) is 24.8 Å². The summed E-state index contributed by atoms with van der Waals surface area (Å²) in [5.74, 6) is 0. The molecule has 0 aliphatic rings. The van der Waals surface area contributed by atoms with Gasteiger partial charge in [0.2, 0.25) is 0 Å². The Morgan fingerprint density at radius 2 is 1.27 bits per heavy atom. The fourth-order valence-corrected chi connectivity index (χ4v) is 7.47. The SMILES string of the molecule is C[C@@H](CCC(C)(C)[Si](O)(c1ccccc1)c1ccccc1)OC(C)(C)C. The van der Waals surface area contributed by atoms with Crippen molar-refractivity contribution in [2.24, 2.45) is 0 Å². The Morgan fingerprint density at radius 3 is 1.65 bits per heavy atom. The zero-order valence-corrected chi connectivity index (χ0v) is 18.1. The molecule has 2 nitrogen and oxygen atoms in total. The van der Waals surface area contributed by atoms with E-state index in [0.29, 0.717) is 0 Å². The number of hydrogen-bond donors (Lipinski definition) is 1. The van der Waals surface area contributed by atoms with Crippen LogP contribution in [0.3, 0.4) is 0 Å². The third-order valence-corrected chi connectivity index (χ3v) is 9.64. The molecule has 0 aliphatic carbocycles. The maximum Gasteiger partial charge on any atom is 0.258 e. The summed E-state index contributed by atoms with van der Waals surface area (Å²) in [7, 11) is -2.91. The van der Waals surface area contributed by atoms with Crippen LogP contribution in [0, 0.1) is 0 Å². The predicted molar refractivity (Wildman–Crippen MR) is 114 cm³/mol.